The SMILES string of the molecule is O=C(COc1ccc(Cl)cc1Cl)NCCNC(=O)c1ccc(F)cc1. The summed E-state index contributed by atoms with van der Waals surface area (Å²) >= 11 is 11.7. The van der Waals surface area contributed by atoms with E-state index in [0.29, 0.717) is 21.4 Å². The van der Waals surface area contributed by atoms with Crippen molar-refractivity contribution >= 4 is 35.0 Å². The summed E-state index contributed by atoms with van der Waals surface area (Å²) in [5, 5.41) is 5.99. The highest BCUT2D eigenvalue weighted by atomic mass is 35.5. The summed E-state index contributed by atoms with van der Waals surface area (Å²) in [4.78, 5) is 23.5. The molecular formula is C17H15Cl2FN2O3. The van der Waals surface area contributed by atoms with E-state index < -0.39 is 5.82 Å². The minimum atomic E-state index is -0.412. The molecule has 0 aromatic heterocycles. The van der Waals surface area contributed by atoms with E-state index >= 15 is 0 Å². The Morgan fingerprint density at radius 3 is 2.36 bits per heavy atom. The smallest absolute Gasteiger partial charge is 0.258 e. The van der Waals surface area contributed by atoms with Gasteiger partial charge in [0.15, 0.2) is 6.61 Å². The fourth-order valence-corrected chi connectivity index (χ4v) is 2.33. The lowest BCUT2D eigenvalue weighted by Gasteiger charge is -2.09. The predicted molar refractivity (Wildman–Crippen MR) is 93.7 cm³/mol. The van der Waals surface area contributed by atoms with Gasteiger partial charge in [0, 0.05) is 23.7 Å². The molecule has 0 heterocycles. The predicted octanol–water partition coefficient (Wildman–Crippen LogP) is 3.06. The molecule has 2 N–H and O–H groups in total. The van der Waals surface area contributed by atoms with E-state index in [4.69, 9.17) is 27.9 Å². The van der Waals surface area contributed by atoms with E-state index in [1.54, 1.807) is 12.1 Å². The van der Waals surface area contributed by atoms with Gasteiger partial charge in [-0.05, 0) is 42.5 Å². The highest BCUT2D eigenvalue weighted by Crippen LogP contribution is 2.27. The summed E-state index contributed by atoms with van der Waals surface area (Å²) in [5.41, 5.74) is 0.341. The van der Waals surface area contributed by atoms with Gasteiger partial charge in [-0.1, -0.05) is 23.2 Å². The van der Waals surface area contributed by atoms with Gasteiger partial charge < -0.3 is 15.4 Å². The molecule has 2 rings (SSSR count). The molecule has 0 aliphatic rings. The van der Waals surface area contributed by atoms with Crippen LogP contribution >= 0.6 is 23.2 Å². The van der Waals surface area contributed by atoms with Gasteiger partial charge >= 0.3 is 0 Å². The van der Waals surface area contributed by atoms with Crippen molar-refractivity contribution in [2.45, 2.75) is 0 Å². The van der Waals surface area contributed by atoms with Crippen LogP contribution in [0.5, 0.6) is 5.75 Å². The van der Waals surface area contributed by atoms with E-state index in [2.05, 4.69) is 10.6 Å². The number of hydrogen-bond acceptors (Lipinski definition) is 3. The Bertz CT molecular complexity index is 754. The van der Waals surface area contributed by atoms with Crippen molar-refractivity contribution in [1.29, 1.82) is 0 Å². The van der Waals surface area contributed by atoms with Crippen LogP contribution in [0.4, 0.5) is 4.39 Å². The Hall–Kier alpha value is -2.31. The largest absolute Gasteiger partial charge is 0.482 e. The van der Waals surface area contributed by atoms with Crippen molar-refractivity contribution in [3.05, 3.63) is 63.9 Å². The molecule has 2 aromatic carbocycles. The molecule has 0 saturated heterocycles. The quantitative estimate of drug-likeness (QED) is 0.720. The Morgan fingerprint density at radius 1 is 1.00 bits per heavy atom. The molecule has 0 aliphatic heterocycles. The molecule has 8 heteroatoms. The number of nitrogens with one attached hydrogen (secondary N) is 2. The molecule has 2 amide bonds. The maximum Gasteiger partial charge on any atom is 0.258 e. The summed E-state index contributed by atoms with van der Waals surface area (Å²) in [6, 6.07) is 9.86. The molecule has 0 fully saturated rings. The third-order valence-corrected chi connectivity index (χ3v) is 3.62. The normalized spacial score (nSPS) is 10.2. The Balaban J connectivity index is 1.66. The van der Waals surface area contributed by atoms with Crippen LogP contribution in [0.1, 0.15) is 10.4 Å². The van der Waals surface area contributed by atoms with E-state index in [0.717, 1.165) is 0 Å². The second-order valence-electron chi connectivity index (χ2n) is 4.98. The molecule has 0 atom stereocenters. The number of carbonyl (C=O) groups excluding carboxylic acids is 2. The minimum Gasteiger partial charge on any atom is -0.482 e. The summed E-state index contributed by atoms with van der Waals surface area (Å²) in [5.74, 6) is -0.768. The van der Waals surface area contributed by atoms with Gasteiger partial charge in [0.1, 0.15) is 11.6 Å². The van der Waals surface area contributed by atoms with Crippen LogP contribution < -0.4 is 15.4 Å². The van der Waals surface area contributed by atoms with Crippen molar-refractivity contribution < 1.29 is 18.7 Å². The minimum absolute atomic E-state index is 0.215. The Labute approximate surface area is 154 Å². The number of amides is 2. The van der Waals surface area contributed by atoms with Crippen molar-refractivity contribution in [3.63, 3.8) is 0 Å². The molecule has 0 aliphatic carbocycles. The third kappa shape index (κ3) is 6.25. The fraction of sp³-hybridized carbons (Fsp3) is 0.176. The number of ether oxygens (including phenoxy) is 1. The average molecular weight is 385 g/mol. The summed E-state index contributed by atoms with van der Waals surface area (Å²) in [7, 11) is 0. The lowest BCUT2D eigenvalue weighted by atomic mass is 10.2. The van der Waals surface area contributed by atoms with Crippen LogP contribution in [-0.2, 0) is 4.79 Å². The summed E-state index contributed by atoms with van der Waals surface area (Å²) < 4.78 is 18.1. The third-order valence-electron chi connectivity index (χ3n) is 3.09. The Kier molecular flexibility index (Phi) is 7.03. The highest BCUT2D eigenvalue weighted by Gasteiger charge is 2.07. The van der Waals surface area contributed by atoms with Crippen LogP contribution in [0.3, 0.4) is 0 Å². The zero-order valence-electron chi connectivity index (χ0n) is 13.0. The van der Waals surface area contributed by atoms with E-state index in [1.165, 1.54) is 30.3 Å². The highest BCUT2D eigenvalue weighted by molar-refractivity contribution is 6.35. The first-order chi connectivity index (χ1) is 12.0. The van der Waals surface area contributed by atoms with Crippen molar-refractivity contribution in [2.75, 3.05) is 19.7 Å². The zero-order valence-corrected chi connectivity index (χ0v) is 14.5. The molecule has 0 spiro atoms. The van der Waals surface area contributed by atoms with Crippen LogP contribution in [0.25, 0.3) is 0 Å². The monoisotopic (exact) mass is 384 g/mol. The molecule has 132 valence electrons. The van der Waals surface area contributed by atoms with Crippen LogP contribution in [0.2, 0.25) is 10.0 Å². The first-order valence-corrected chi connectivity index (χ1v) is 8.09. The van der Waals surface area contributed by atoms with Gasteiger partial charge in [-0.15, -0.1) is 0 Å². The van der Waals surface area contributed by atoms with Crippen molar-refractivity contribution in [3.8, 4) is 5.75 Å². The fourth-order valence-electron chi connectivity index (χ4n) is 1.87. The maximum atomic E-state index is 12.8. The lowest BCUT2D eigenvalue weighted by Crippen LogP contribution is -2.36. The van der Waals surface area contributed by atoms with Crippen LogP contribution in [0.15, 0.2) is 42.5 Å². The lowest BCUT2D eigenvalue weighted by molar-refractivity contribution is -0.123. The van der Waals surface area contributed by atoms with Gasteiger partial charge in [0.05, 0.1) is 5.02 Å². The molecule has 0 radical (unpaired) electrons. The summed E-state index contributed by atoms with van der Waals surface area (Å²) in [6.45, 7) is 0.236. The second-order valence-corrected chi connectivity index (χ2v) is 5.82. The molecule has 2 aromatic rings. The summed E-state index contributed by atoms with van der Waals surface area (Å²) in [6.07, 6.45) is 0. The topological polar surface area (TPSA) is 67.4 Å². The van der Waals surface area contributed by atoms with Gasteiger partial charge in [0.25, 0.3) is 11.8 Å². The molecule has 25 heavy (non-hydrogen) atoms. The van der Waals surface area contributed by atoms with Crippen LogP contribution in [-0.4, -0.2) is 31.5 Å². The van der Waals surface area contributed by atoms with Crippen molar-refractivity contribution in [1.82, 2.24) is 10.6 Å². The van der Waals surface area contributed by atoms with Crippen LogP contribution in [0, 0.1) is 5.82 Å². The number of carbonyl (C=O) groups is 2. The number of halogens is 3. The van der Waals surface area contributed by atoms with Gasteiger partial charge in [-0.2, -0.15) is 0 Å². The molecule has 0 saturated carbocycles. The first kappa shape index (κ1) is 19.0. The zero-order chi connectivity index (χ0) is 18.2. The molecular weight excluding hydrogens is 370 g/mol. The van der Waals surface area contributed by atoms with Gasteiger partial charge in [-0.3, -0.25) is 9.59 Å². The number of rotatable bonds is 7. The number of hydrogen-bond donors (Lipinski definition) is 2. The maximum absolute atomic E-state index is 12.8. The van der Waals surface area contributed by atoms with Gasteiger partial charge in [-0.25, -0.2) is 4.39 Å². The molecule has 0 unspecified atom stereocenters. The van der Waals surface area contributed by atoms with E-state index in [-0.39, 0.29) is 31.5 Å². The number of benzene rings is 2. The second kappa shape index (κ2) is 9.25. The van der Waals surface area contributed by atoms with Crippen molar-refractivity contribution in [2.24, 2.45) is 0 Å². The van der Waals surface area contributed by atoms with Gasteiger partial charge in [0.2, 0.25) is 0 Å². The first-order valence-electron chi connectivity index (χ1n) is 7.34. The molecule has 0 bridgehead atoms. The Morgan fingerprint density at radius 2 is 1.68 bits per heavy atom. The average Bonchev–Trinajstić information content (AvgIpc) is 2.58. The molecule has 5 nitrogen and oxygen atoms in total. The van der Waals surface area contributed by atoms with E-state index in [1.807, 2.05) is 0 Å². The standard InChI is InChI=1S/C17H15Cl2FN2O3/c18-12-3-6-15(14(19)9-12)25-10-16(23)21-7-8-22-17(24)11-1-4-13(20)5-2-11/h1-6,9H,7-8,10H2,(H,21,23)(H,22,24). The van der Waals surface area contributed by atoms with E-state index in [9.17, 15) is 14.0 Å².